The van der Waals surface area contributed by atoms with Crippen molar-refractivity contribution in [1.82, 2.24) is 4.90 Å². The molecule has 1 aliphatic heterocycles. The fourth-order valence-electron chi connectivity index (χ4n) is 2.23. The third kappa shape index (κ3) is 3.69. The summed E-state index contributed by atoms with van der Waals surface area (Å²) in [6.45, 7) is 2.28. The molecular formula is C12H16ClNO2S. The minimum atomic E-state index is -3.42. The molecule has 0 N–H and O–H groups in total. The van der Waals surface area contributed by atoms with Crippen LogP contribution in [0, 0.1) is 0 Å². The van der Waals surface area contributed by atoms with Crippen LogP contribution in [0.3, 0.4) is 0 Å². The minimum Gasteiger partial charge on any atom is -0.298 e. The van der Waals surface area contributed by atoms with Gasteiger partial charge >= 0.3 is 0 Å². The second-order valence-corrected chi connectivity index (χ2v) is 7.37. The Kier molecular flexibility index (Phi) is 4.07. The van der Waals surface area contributed by atoms with Gasteiger partial charge in [-0.05, 0) is 24.9 Å². The molecule has 1 atom stereocenters. The van der Waals surface area contributed by atoms with Crippen LogP contribution in [0.2, 0.25) is 0 Å². The molecule has 0 spiro atoms. The number of rotatable bonds is 3. The Bertz CT molecular complexity index is 461. The van der Waals surface area contributed by atoms with E-state index in [4.69, 9.17) is 10.7 Å². The summed E-state index contributed by atoms with van der Waals surface area (Å²) in [6.07, 6.45) is 1.57. The van der Waals surface area contributed by atoms with Crippen LogP contribution in [0.25, 0.3) is 0 Å². The Morgan fingerprint density at radius 1 is 1.29 bits per heavy atom. The van der Waals surface area contributed by atoms with Crippen molar-refractivity contribution in [3.63, 3.8) is 0 Å². The molecule has 1 fully saturated rings. The molecule has 1 aromatic carbocycles. The number of halogens is 1. The standard InChI is InChI=1S/C12H16ClNO2S/c13-17(15,16)12-7-4-8-14(10-12)9-11-5-2-1-3-6-11/h1-3,5-6,12H,4,7-10H2. The summed E-state index contributed by atoms with van der Waals surface area (Å²) in [6, 6.07) is 10.1. The fraction of sp³-hybridized carbons (Fsp3) is 0.500. The van der Waals surface area contributed by atoms with Crippen LogP contribution >= 0.6 is 10.7 Å². The lowest BCUT2D eigenvalue weighted by Gasteiger charge is -2.31. The summed E-state index contributed by atoms with van der Waals surface area (Å²) in [7, 11) is 2.01. The Hall–Kier alpha value is -0.580. The topological polar surface area (TPSA) is 37.4 Å². The highest BCUT2D eigenvalue weighted by Gasteiger charge is 2.28. The molecule has 0 bridgehead atoms. The fourth-order valence-corrected chi connectivity index (χ4v) is 3.50. The lowest BCUT2D eigenvalue weighted by molar-refractivity contribution is 0.223. The lowest BCUT2D eigenvalue weighted by Crippen LogP contribution is -2.40. The number of piperidine rings is 1. The molecule has 0 saturated carbocycles. The molecule has 0 radical (unpaired) electrons. The van der Waals surface area contributed by atoms with Gasteiger partial charge in [0.1, 0.15) is 0 Å². The van der Waals surface area contributed by atoms with E-state index in [9.17, 15) is 8.42 Å². The maximum Gasteiger partial charge on any atom is 0.236 e. The molecule has 2 rings (SSSR count). The van der Waals surface area contributed by atoms with E-state index in [1.807, 2.05) is 18.2 Å². The van der Waals surface area contributed by atoms with Crippen molar-refractivity contribution < 1.29 is 8.42 Å². The molecule has 94 valence electrons. The van der Waals surface area contributed by atoms with Gasteiger partial charge in [-0.15, -0.1) is 0 Å². The first kappa shape index (κ1) is 12.9. The van der Waals surface area contributed by atoms with Gasteiger partial charge in [-0.3, -0.25) is 4.90 Å². The number of nitrogens with zero attached hydrogens (tertiary/aromatic N) is 1. The number of hydrogen-bond acceptors (Lipinski definition) is 3. The molecule has 0 aromatic heterocycles. The largest absolute Gasteiger partial charge is 0.298 e. The Balaban J connectivity index is 1.99. The zero-order valence-corrected chi connectivity index (χ0v) is 11.1. The lowest BCUT2D eigenvalue weighted by atomic mass is 10.1. The van der Waals surface area contributed by atoms with Crippen molar-refractivity contribution in [2.45, 2.75) is 24.6 Å². The van der Waals surface area contributed by atoms with Crippen molar-refractivity contribution in [1.29, 1.82) is 0 Å². The Labute approximate surface area is 107 Å². The molecule has 1 aromatic rings. The molecule has 3 nitrogen and oxygen atoms in total. The third-order valence-corrected chi connectivity index (χ3v) is 5.05. The van der Waals surface area contributed by atoms with Gasteiger partial charge in [-0.1, -0.05) is 30.3 Å². The molecule has 0 aliphatic carbocycles. The van der Waals surface area contributed by atoms with Crippen LogP contribution in [-0.2, 0) is 15.6 Å². The zero-order chi connectivity index (χ0) is 12.3. The summed E-state index contributed by atoms with van der Waals surface area (Å²) in [5, 5.41) is -0.415. The molecule has 5 heteroatoms. The first-order valence-corrected chi connectivity index (χ1v) is 8.13. The minimum absolute atomic E-state index is 0.415. The quantitative estimate of drug-likeness (QED) is 0.793. The predicted molar refractivity (Wildman–Crippen MR) is 69.5 cm³/mol. The molecule has 1 saturated heterocycles. The predicted octanol–water partition coefficient (Wildman–Crippen LogP) is 2.22. The van der Waals surface area contributed by atoms with Gasteiger partial charge in [0.25, 0.3) is 0 Å². The second-order valence-electron chi connectivity index (χ2n) is 4.46. The highest BCUT2D eigenvalue weighted by atomic mass is 35.7. The monoisotopic (exact) mass is 273 g/mol. The van der Waals surface area contributed by atoms with Crippen molar-refractivity contribution in [2.75, 3.05) is 13.1 Å². The number of benzene rings is 1. The average molecular weight is 274 g/mol. The van der Waals surface area contributed by atoms with Gasteiger partial charge in [0.15, 0.2) is 0 Å². The van der Waals surface area contributed by atoms with Crippen molar-refractivity contribution in [2.24, 2.45) is 0 Å². The Morgan fingerprint density at radius 2 is 2.00 bits per heavy atom. The van der Waals surface area contributed by atoms with E-state index < -0.39 is 14.3 Å². The molecule has 1 aliphatic rings. The van der Waals surface area contributed by atoms with E-state index >= 15 is 0 Å². The van der Waals surface area contributed by atoms with Gasteiger partial charge in [-0.2, -0.15) is 0 Å². The SMILES string of the molecule is O=S(=O)(Cl)C1CCCN(Cc2ccccc2)C1. The van der Waals surface area contributed by atoms with Gasteiger partial charge in [0.2, 0.25) is 9.05 Å². The van der Waals surface area contributed by atoms with Crippen molar-refractivity contribution in [3.8, 4) is 0 Å². The van der Waals surface area contributed by atoms with Gasteiger partial charge in [0, 0.05) is 23.8 Å². The number of hydrogen-bond donors (Lipinski definition) is 0. The molecule has 1 heterocycles. The highest BCUT2D eigenvalue weighted by Crippen LogP contribution is 2.21. The van der Waals surface area contributed by atoms with Crippen LogP contribution in [0.5, 0.6) is 0 Å². The van der Waals surface area contributed by atoms with Crippen LogP contribution in [0.1, 0.15) is 18.4 Å². The molecular weight excluding hydrogens is 258 g/mol. The van der Waals surface area contributed by atoms with Gasteiger partial charge in [0.05, 0.1) is 5.25 Å². The summed E-state index contributed by atoms with van der Waals surface area (Å²) in [4.78, 5) is 2.16. The second kappa shape index (κ2) is 5.38. The summed E-state index contributed by atoms with van der Waals surface area (Å²) >= 11 is 0. The van der Waals surface area contributed by atoms with E-state index in [1.165, 1.54) is 5.56 Å². The van der Waals surface area contributed by atoms with Gasteiger partial charge < -0.3 is 0 Å². The Morgan fingerprint density at radius 3 is 2.65 bits per heavy atom. The summed E-state index contributed by atoms with van der Waals surface area (Å²) in [5.41, 5.74) is 1.21. The van der Waals surface area contributed by atoms with E-state index in [-0.39, 0.29) is 0 Å². The zero-order valence-electron chi connectivity index (χ0n) is 9.55. The van der Waals surface area contributed by atoms with Crippen molar-refractivity contribution in [3.05, 3.63) is 35.9 Å². The maximum absolute atomic E-state index is 11.3. The van der Waals surface area contributed by atoms with Crippen LogP contribution in [-0.4, -0.2) is 31.7 Å². The summed E-state index contributed by atoms with van der Waals surface area (Å²) < 4.78 is 22.6. The molecule has 0 amide bonds. The third-order valence-electron chi connectivity index (χ3n) is 3.11. The van der Waals surface area contributed by atoms with E-state index in [1.54, 1.807) is 0 Å². The van der Waals surface area contributed by atoms with Gasteiger partial charge in [-0.25, -0.2) is 8.42 Å². The summed E-state index contributed by atoms with van der Waals surface area (Å²) in [5.74, 6) is 0. The normalized spacial score (nSPS) is 22.5. The highest BCUT2D eigenvalue weighted by molar-refractivity contribution is 8.14. The maximum atomic E-state index is 11.3. The van der Waals surface area contributed by atoms with E-state index in [2.05, 4.69) is 17.0 Å². The average Bonchev–Trinajstić information content (AvgIpc) is 2.29. The molecule has 1 unspecified atom stereocenters. The number of likely N-dealkylation sites (tertiary alicyclic amines) is 1. The van der Waals surface area contributed by atoms with Crippen LogP contribution in [0.4, 0.5) is 0 Å². The van der Waals surface area contributed by atoms with E-state index in [0.29, 0.717) is 13.0 Å². The smallest absolute Gasteiger partial charge is 0.236 e. The van der Waals surface area contributed by atoms with Crippen molar-refractivity contribution >= 4 is 19.7 Å². The van der Waals surface area contributed by atoms with Crippen LogP contribution < -0.4 is 0 Å². The van der Waals surface area contributed by atoms with E-state index in [0.717, 1.165) is 19.5 Å². The molecule has 17 heavy (non-hydrogen) atoms. The first-order valence-electron chi connectivity index (χ1n) is 5.75. The first-order chi connectivity index (χ1) is 8.05. The van der Waals surface area contributed by atoms with Crippen LogP contribution in [0.15, 0.2) is 30.3 Å².